The van der Waals surface area contributed by atoms with Gasteiger partial charge in [0.25, 0.3) is 5.91 Å². The molecular formula is C34H32ClF2N5O2. The van der Waals surface area contributed by atoms with Crippen LogP contribution in [0.2, 0.25) is 5.02 Å². The molecule has 0 aliphatic carbocycles. The second kappa shape index (κ2) is 10.4. The van der Waals surface area contributed by atoms with Gasteiger partial charge in [-0.1, -0.05) is 48.5 Å². The van der Waals surface area contributed by atoms with Crippen LogP contribution in [0.3, 0.4) is 0 Å². The number of aromatic nitrogens is 2. The smallest absolute Gasteiger partial charge is 0.319 e. The summed E-state index contributed by atoms with van der Waals surface area (Å²) in [5.74, 6) is -1.30. The monoisotopic (exact) mass is 615 g/mol. The van der Waals surface area contributed by atoms with Crippen molar-refractivity contribution in [2.45, 2.75) is 49.7 Å². The number of ether oxygens (including phenoxy) is 1. The zero-order chi connectivity index (χ0) is 30.2. The molecule has 4 fully saturated rings. The lowest BCUT2D eigenvalue weighted by atomic mass is 9.95. The van der Waals surface area contributed by atoms with Crippen LogP contribution in [0.4, 0.5) is 14.6 Å². The average Bonchev–Trinajstić information content (AvgIpc) is 3.69. The zero-order valence-corrected chi connectivity index (χ0v) is 25.0. The maximum atomic E-state index is 14.5. The number of benzene rings is 3. The highest BCUT2D eigenvalue weighted by atomic mass is 35.5. The molecule has 8 rings (SSSR count). The first-order valence-electron chi connectivity index (χ1n) is 15.3. The number of halogens is 3. The van der Waals surface area contributed by atoms with Crippen LogP contribution in [-0.2, 0) is 4.79 Å². The summed E-state index contributed by atoms with van der Waals surface area (Å²) in [6.45, 7) is 6.95. The fourth-order valence-electron chi connectivity index (χ4n) is 8.02. The Balaban J connectivity index is 1.20. The minimum atomic E-state index is -0.930. The number of carbonyl (C=O) groups excluding carboxylic acids is 1. The van der Waals surface area contributed by atoms with Crippen LogP contribution in [0.15, 0.2) is 60.9 Å². The average molecular weight is 616 g/mol. The van der Waals surface area contributed by atoms with E-state index in [4.69, 9.17) is 26.3 Å². The van der Waals surface area contributed by atoms with Gasteiger partial charge in [-0.25, -0.2) is 8.78 Å². The van der Waals surface area contributed by atoms with Crippen LogP contribution in [0.25, 0.3) is 32.8 Å². The molecule has 4 aromatic rings. The topological polar surface area (TPSA) is 61.8 Å². The number of nitrogens with zero attached hydrogens (tertiary/aromatic N) is 5. The van der Waals surface area contributed by atoms with Gasteiger partial charge in [0.2, 0.25) is 0 Å². The van der Waals surface area contributed by atoms with Gasteiger partial charge in [0, 0.05) is 23.9 Å². The van der Waals surface area contributed by atoms with Crippen LogP contribution in [0.1, 0.15) is 32.1 Å². The number of fused-ring (bicyclic) bond motifs is 4. The van der Waals surface area contributed by atoms with Crippen LogP contribution >= 0.6 is 11.6 Å². The molecule has 4 aliphatic rings. The van der Waals surface area contributed by atoms with Crippen molar-refractivity contribution >= 4 is 45.0 Å². The third kappa shape index (κ3) is 4.27. The molecule has 4 aliphatic heterocycles. The normalized spacial score (nSPS) is 22.3. The van der Waals surface area contributed by atoms with Crippen molar-refractivity contribution in [3.63, 3.8) is 0 Å². The van der Waals surface area contributed by atoms with Crippen molar-refractivity contribution < 1.29 is 18.3 Å². The minimum absolute atomic E-state index is 0.0162. The molecule has 0 saturated carbocycles. The molecule has 10 heteroatoms. The van der Waals surface area contributed by atoms with Gasteiger partial charge in [-0.05, 0) is 79.9 Å². The summed E-state index contributed by atoms with van der Waals surface area (Å²) < 4.78 is 34.7. The molecule has 2 atom stereocenters. The molecule has 0 spiro atoms. The summed E-state index contributed by atoms with van der Waals surface area (Å²) in [5.41, 5.74) is 2.39. The van der Waals surface area contributed by atoms with Crippen LogP contribution in [0, 0.1) is 5.82 Å². The minimum Gasteiger partial charge on any atom is -0.461 e. The van der Waals surface area contributed by atoms with E-state index in [9.17, 15) is 13.6 Å². The number of amides is 1. The third-order valence-electron chi connectivity index (χ3n) is 10.2. The lowest BCUT2D eigenvalue weighted by Crippen LogP contribution is -2.63. The standard InChI is InChI=1S/C34H32ClF2N5O2/c1-20(36)32(43)41-16-11-27-28(41)18-42(27)31-24-9-7-22(23-6-2-5-21-8-10-25(37)30(35)29(21)23)17-26(24)38-33(39-31)44-19-34-12-3-14-40(34)15-4-13-34/h2,5-10,17,27-28H,1,3-4,11-16,18-19H2/t27-,28-/m1/s1. The number of anilines is 1. The molecule has 0 bridgehead atoms. The largest absolute Gasteiger partial charge is 0.461 e. The Hall–Kier alpha value is -3.82. The van der Waals surface area contributed by atoms with E-state index < -0.39 is 17.6 Å². The molecular weight excluding hydrogens is 584 g/mol. The molecule has 226 valence electrons. The van der Waals surface area contributed by atoms with Crippen molar-refractivity contribution in [1.82, 2.24) is 19.8 Å². The van der Waals surface area contributed by atoms with E-state index in [2.05, 4.69) is 16.4 Å². The fraction of sp³-hybridized carbons (Fsp3) is 0.382. The van der Waals surface area contributed by atoms with Gasteiger partial charge in [0.15, 0.2) is 5.83 Å². The number of hydrogen-bond donors (Lipinski definition) is 0. The summed E-state index contributed by atoms with van der Waals surface area (Å²) in [6.07, 6.45) is 5.26. The number of hydrogen-bond acceptors (Lipinski definition) is 6. The van der Waals surface area contributed by atoms with Gasteiger partial charge >= 0.3 is 6.01 Å². The molecule has 7 nitrogen and oxygen atoms in total. The summed E-state index contributed by atoms with van der Waals surface area (Å²) in [6, 6.07) is 15.1. The highest BCUT2D eigenvalue weighted by Crippen LogP contribution is 2.43. The van der Waals surface area contributed by atoms with Crippen molar-refractivity contribution in [3.05, 3.63) is 71.8 Å². The molecule has 4 saturated heterocycles. The molecule has 5 heterocycles. The van der Waals surface area contributed by atoms with E-state index in [1.807, 2.05) is 36.4 Å². The summed E-state index contributed by atoms with van der Waals surface area (Å²) in [7, 11) is 0. The van der Waals surface area contributed by atoms with Crippen LogP contribution in [0.5, 0.6) is 6.01 Å². The van der Waals surface area contributed by atoms with Gasteiger partial charge < -0.3 is 14.5 Å². The first kappa shape index (κ1) is 27.7. The Kier molecular flexibility index (Phi) is 6.54. The second-order valence-corrected chi connectivity index (χ2v) is 12.9. The Morgan fingerprint density at radius 3 is 2.68 bits per heavy atom. The van der Waals surface area contributed by atoms with Gasteiger partial charge in [-0.15, -0.1) is 0 Å². The maximum absolute atomic E-state index is 14.5. The van der Waals surface area contributed by atoms with Gasteiger partial charge in [0.1, 0.15) is 18.2 Å². The summed E-state index contributed by atoms with van der Waals surface area (Å²) >= 11 is 6.48. The first-order chi connectivity index (χ1) is 21.3. The molecule has 44 heavy (non-hydrogen) atoms. The highest BCUT2D eigenvalue weighted by Gasteiger charge is 2.50. The van der Waals surface area contributed by atoms with Gasteiger partial charge in [-0.3, -0.25) is 9.69 Å². The first-order valence-corrected chi connectivity index (χ1v) is 15.7. The van der Waals surface area contributed by atoms with E-state index in [0.29, 0.717) is 43.0 Å². The number of carbonyl (C=O) groups is 1. The highest BCUT2D eigenvalue weighted by molar-refractivity contribution is 6.36. The van der Waals surface area contributed by atoms with E-state index in [-0.39, 0.29) is 22.6 Å². The quantitative estimate of drug-likeness (QED) is 0.230. The Morgan fingerprint density at radius 2 is 1.89 bits per heavy atom. The van der Waals surface area contributed by atoms with E-state index >= 15 is 0 Å². The van der Waals surface area contributed by atoms with Crippen molar-refractivity contribution in [2.24, 2.45) is 0 Å². The zero-order valence-electron chi connectivity index (χ0n) is 24.2. The van der Waals surface area contributed by atoms with Crippen molar-refractivity contribution in [2.75, 3.05) is 37.7 Å². The molecule has 3 aromatic carbocycles. The lowest BCUT2D eigenvalue weighted by molar-refractivity contribution is -0.130. The predicted molar refractivity (Wildman–Crippen MR) is 167 cm³/mol. The van der Waals surface area contributed by atoms with E-state index in [0.717, 1.165) is 53.6 Å². The maximum Gasteiger partial charge on any atom is 0.319 e. The van der Waals surface area contributed by atoms with Crippen molar-refractivity contribution in [3.8, 4) is 17.1 Å². The molecule has 0 unspecified atom stereocenters. The fourth-order valence-corrected chi connectivity index (χ4v) is 8.30. The molecule has 0 N–H and O–H groups in total. The Labute approximate surface area is 259 Å². The number of likely N-dealkylation sites (tertiary alicyclic amines) is 1. The predicted octanol–water partition coefficient (Wildman–Crippen LogP) is 6.52. The SMILES string of the molecule is C=C(F)C(=O)N1CC[C@@H]2[C@H]1CN2c1nc(OCC23CCCN2CCC3)nc2cc(-c3cccc4ccc(F)c(Cl)c34)ccc12. The Morgan fingerprint density at radius 1 is 1.07 bits per heavy atom. The van der Waals surface area contributed by atoms with E-state index in [1.54, 1.807) is 11.0 Å². The van der Waals surface area contributed by atoms with E-state index in [1.165, 1.54) is 18.9 Å². The molecule has 1 amide bonds. The summed E-state index contributed by atoms with van der Waals surface area (Å²) in [5, 5.41) is 2.43. The third-order valence-corrected chi connectivity index (χ3v) is 10.6. The molecule has 0 radical (unpaired) electrons. The van der Waals surface area contributed by atoms with Gasteiger partial charge in [0.05, 0.1) is 28.2 Å². The Bertz CT molecular complexity index is 1840. The van der Waals surface area contributed by atoms with Crippen LogP contribution < -0.4 is 9.64 Å². The summed E-state index contributed by atoms with van der Waals surface area (Å²) in [4.78, 5) is 28.5. The van der Waals surface area contributed by atoms with Gasteiger partial charge in [-0.2, -0.15) is 9.97 Å². The molecule has 1 aromatic heterocycles. The second-order valence-electron chi connectivity index (χ2n) is 12.5. The number of rotatable bonds is 6. The van der Waals surface area contributed by atoms with Crippen LogP contribution in [-0.4, -0.2) is 76.1 Å². The lowest BCUT2D eigenvalue weighted by Gasteiger charge is -2.47. The van der Waals surface area contributed by atoms with Crippen molar-refractivity contribution in [1.29, 1.82) is 0 Å².